The number of hydrogen-bond donors (Lipinski definition) is 1. The molecule has 96 valence electrons. The first-order chi connectivity index (χ1) is 8.31. The lowest BCUT2D eigenvalue weighted by atomic mass is 10.1. The minimum Gasteiger partial charge on any atom is -0.377 e. The fourth-order valence-corrected chi connectivity index (χ4v) is 2.30. The van der Waals surface area contributed by atoms with Crippen LogP contribution in [0.2, 0.25) is 0 Å². The monoisotopic (exact) mass is 239 g/mol. The largest absolute Gasteiger partial charge is 0.377 e. The van der Waals surface area contributed by atoms with Gasteiger partial charge in [-0.1, -0.05) is 5.16 Å². The second-order valence-electron chi connectivity index (χ2n) is 4.58. The third kappa shape index (κ3) is 3.52. The molecule has 0 aromatic carbocycles. The van der Waals surface area contributed by atoms with Gasteiger partial charge in [0.1, 0.15) is 6.61 Å². The van der Waals surface area contributed by atoms with E-state index in [1.165, 1.54) is 12.8 Å². The zero-order valence-corrected chi connectivity index (χ0v) is 10.6. The highest BCUT2D eigenvalue weighted by atomic mass is 16.5. The molecule has 0 bridgehead atoms. The molecular weight excluding hydrogens is 218 g/mol. The van der Waals surface area contributed by atoms with Crippen molar-refractivity contribution in [2.24, 2.45) is 0 Å². The summed E-state index contributed by atoms with van der Waals surface area (Å²) in [7, 11) is 3.69. The first kappa shape index (κ1) is 12.5. The number of rotatable bonds is 5. The number of likely N-dealkylation sites (tertiary alicyclic amines) is 1. The molecule has 5 nitrogen and oxygen atoms in total. The second-order valence-corrected chi connectivity index (χ2v) is 4.58. The first-order valence-electron chi connectivity index (χ1n) is 6.15. The van der Waals surface area contributed by atoms with Gasteiger partial charge in [0.25, 0.3) is 0 Å². The minimum absolute atomic E-state index is 0.492. The van der Waals surface area contributed by atoms with Gasteiger partial charge < -0.3 is 14.6 Å². The van der Waals surface area contributed by atoms with Crippen LogP contribution in [0, 0.1) is 0 Å². The van der Waals surface area contributed by atoms with E-state index in [-0.39, 0.29) is 0 Å². The summed E-state index contributed by atoms with van der Waals surface area (Å²) >= 11 is 0. The Labute approximate surface area is 102 Å². The number of aromatic nitrogens is 1. The van der Waals surface area contributed by atoms with E-state index >= 15 is 0 Å². The third-order valence-corrected chi connectivity index (χ3v) is 3.19. The van der Waals surface area contributed by atoms with Crippen LogP contribution in [0.25, 0.3) is 0 Å². The van der Waals surface area contributed by atoms with Gasteiger partial charge >= 0.3 is 0 Å². The average Bonchev–Trinajstić information content (AvgIpc) is 2.77. The molecule has 0 radical (unpaired) electrons. The van der Waals surface area contributed by atoms with Gasteiger partial charge in [0, 0.05) is 32.3 Å². The van der Waals surface area contributed by atoms with Gasteiger partial charge in [-0.3, -0.25) is 4.90 Å². The summed E-state index contributed by atoms with van der Waals surface area (Å²) in [5, 5.41) is 7.40. The van der Waals surface area contributed by atoms with Gasteiger partial charge in [-0.25, -0.2) is 0 Å². The van der Waals surface area contributed by atoms with Crippen LogP contribution in [0.4, 0.5) is 0 Å². The van der Waals surface area contributed by atoms with Gasteiger partial charge in [-0.15, -0.1) is 0 Å². The number of methoxy groups -OCH3 is 1. The van der Waals surface area contributed by atoms with E-state index in [9.17, 15) is 0 Å². The maximum atomic E-state index is 5.18. The summed E-state index contributed by atoms with van der Waals surface area (Å²) < 4.78 is 10.2. The molecule has 17 heavy (non-hydrogen) atoms. The van der Waals surface area contributed by atoms with E-state index in [1.807, 2.05) is 13.1 Å². The summed E-state index contributed by atoms with van der Waals surface area (Å²) in [5.74, 6) is 0.796. The number of piperidine rings is 1. The highest BCUT2D eigenvalue weighted by Gasteiger charge is 2.19. The molecule has 1 unspecified atom stereocenters. The van der Waals surface area contributed by atoms with Gasteiger partial charge in [-0.2, -0.15) is 0 Å². The van der Waals surface area contributed by atoms with Crippen LogP contribution in [-0.4, -0.2) is 43.3 Å². The molecule has 1 aromatic rings. The topological polar surface area (TPSA) is 50.5 Å². The van der Waals surface area contributed by atoms with Crippen LogP contribution >= 0.6 is 0 Å². The normalized spacial score (nSPS) is 21.9. The van der Waals surface area contributed by atoms with Crippen molar-refractivity contribution < 1.29 is 9.26 Å². The SMILES string of the molecule is CNC1CCCN(Cc2cc(COC)on2)C1. The second kappa shape index (κ2) is 6.14. The highest BCUT2D eigenvalue weighted by Crippen LogP contribution is 2.14. The van der Waals surface area contributed by atoms with Crippen molar-refractivity contribution in [3.63, 3.8) is 0 Å². The van der Waals surface area contributed by atoms with Crippen LogP contribution in [-0.2, 0) is 17.9 Å². The number of ether oxygens (including phenoxy) is 1. The predicted molar refractivity (Wildman–Crippen MR) is 64.6 cm³/mol. The number of nitrogens with zero attached hydrogens (tertiary/aromatic N) is 2. The van der Waals surface area contributed by atoms with Crippen molar-refractivity contribution in [1.29, 1.82) is 0 Å². The zero-order valence-electron chi connectivity index (χ0n) is 10.6. The Balaban J connectivity index is 1.86. The van der Waals surface area contributed by atoms with E-state index in [0.717, 1.165) is 31.1 Å². The van der Waals surface area contributed by atoms with Crippen molar-refractivity contribution in [2.45, 2.75) is 32.0 Å². The zero-order chi connectivity index (χ0) is 12.1. The fourth-order valence-electron chi connectivity index (χ4n) is 2.30. The van der Waals surface area contributed by atoms with Crippen molar-refractivity contribution >= 4 is 0 Å². The lowest BCUT2D eigenvalue weighted by molar-refractivity contribution is 0.154. The smallest absolute Gasteiger partial charge is 0.162 e. The van der Waals surface area contributed by atoms with Gasteiger partial charge in [0.2, 0.25) is 0 Å². The Morgan fingerprint density at radius 2 is 2.53 bits per heavy atom. The van der Waals surface area contributed by atoms with Gasteiger partial charge in [0.15, 0.2) is 5.76 Å². The Morgan fingerprint density at radius 3 is 3.29 bits per heavy atom. The number of likely N-dealkylation sites (N-methyl/N-ethyl adjacent to an activating group) is 1. The standard InChI is InChI=1S/C12H21N3O2/c1-13-10-4-3-5-15(7-10)8-11-6-12(9-16-2)17-14-11/h6,10,13H,3-5,7-9H2,1-2H3. The molecule has 0 amide bonds. The number of nitrogens with one attached hydrogen (secondary N) is 1. The summed E-state index contributed by atoms with van der Waals surface area (Å²) in [4.78, 5) is 2.42. The molecule has 0 spiro atoms. The molecule has 1 aliphatic heterocycles. The van der Waals surface area contributed by atoms with E-state index in [4.69, 9.17) is 9.26 Å². The third-order valence-electron chi connectivity index (χ3n) is 3.19. The quantitative estimate of drug-likeness (QED) is 0.831. The molecule has 5 heteroatoms. The molecule has 1 aliphatic rings. The van der Waals surface area contributed by atoms with Gasteiger partial charge in [0.05, 0.1) is 5.69 Å². The molecule has 0 saturated carbocycles. The van der Waals surface area contributed by atoms with E-state index in [2.05, 4.69) is 15.4 Å². The molecule has 1 fully saturated rings. The molecular formula is C12H21N3O2. The van der Waals surface area contributed by atoms with E-state index < -0.39 is 0 Å². The molecule has 1 atom stereocenters. The van der Waals surface area contributed by atoms with Crippen LogP contribution in [0.5, 0.6) is 0 Å². The van der Waals surface area contributed by atoms with Crippen LogP contribution in [0.1, 0.15) is 24.3 Å². The fraction of sp³-hybridized carbons (Fsp3) is 0.750. The first-order valence-corrected chi connectivity index (χ1v) is 6.15. The summed E-state index contributed by atoms with van der Waals surface area (Å²) in [6.45, 7) is 3.59. The average molecular weight is 239 g/mol. The van der Waals surface area contributed by atoms with E-state index in [0.29, 0.717) is 12.6 Å². The Kier molecular flexibility index (Phi) is 4.53. The van der Waals surface area contributed by atoms with Crippen molar-refractivity contribution in [2.75, 3.05) is 27.2 Å². The summed E-state index contributed by atoms with van der Waals surface area (Å²) in [6, 6.07) is 2.58. The van der Waals surface area contributed by atoms with Crippen LogP contribution in [0.3, 0.4) is 0 Å². The van der Waals surface area contributed by atoms with Crippen molar-refractivity contribution in [3.05, 3.63) is 17.5 Å². The minimum atomic E-state index is 0.492. The molecule has 2 heterocycles. The maximum absolute atomic E-state index is 5.18. The van der Waals surface area contributed by atoms with E-state index in [1.54, 1.807) is 7.11 Å². The van der Waals surface area contributed by atoms with Crippen molar-refractivity contribution in [1.82, 2.24) is 15.4 Å². The van der Waals surface area contributed by atoms with Crippen LogP contribution in [0.15, 0.2) is 10.6 Å². The lowest BCUT2D eigenvalue weighted by Gasteiger charge is -2.31. The molecule has 2 rings (SSSR count). The Hall–Kier alpha value is -0.910. The molecule has 1 aromatic heterocycles. The maximum Gasteiger partial charge on any atom is 0.162 e. The lowest BCUT2D eigenvalue weighted by Crippen LogP contribution is -2.43. The molecule has 0 aliphatic carbocycles. The predicted octanol–water partition coefficient (Wildman–Crippen LogP) is 1.00. The van der Waals surface area contributed by atoms with Gasteiger partial charge in [-0.05, 0) is 26.4 Å². The molecule has 1 saturated heterocycles. The van der Waals surface area contributed by atoms with Crippen LogP contribution < -0.4 is 5.32 Å². The highest BCUT2D eigenvalue weighted by molar-refractivity contribution is 5.04. The Morgan fingerprint density at radius 1 is 1.65 bits per heavy atom. The number of hydrogen-bond acceptors (Lipinski definition) is 5. The van der Waals surface area contributed by atoms with Crippen molar-refractivity contribution in [3.8, 4) is 0 Å². The Bertz CT molecular complexity index is 340. The summed E-state index contributed by atoms with van der Waals surface area (Å²) in [6.07, 6.45) is 2.51. The summed E-state index contributed by atoms with van der Waals surface area (Å²) in [5.41, 5.74) is 0.994. The molecule has 1 N–H and O–H groups in total.